The van der Waals surface area contributed by atoms with Crippen molar-refractivity contribution in [1.29, 1.82) is 0 Å². The number of benzene rings is 11. The lowest BCUT2D eigenvalue weighted by atomic mass is 9.89. The number of fused-ring (bicyclic) bond motifs is 9. The molecule has 336 valence electrons. The molecule has 2 heterocycles. The predicted octanol–water partition coefficient (Wildman–Crippen LogP) is 17.0. The zero-order chi connectivity index (χ0) is 47.3. The van der Waals surface area contributed by atoms with Crippen molar-refractivity contribution in [2.75, 3.05) is 9.80 Å². The summed E-state index contributed by atoms with van der Waals surface area (Å²) in [4.78, 5) is 4.91. The van der Waals surface area contributed by atoms with Crippen molar-refractivity contribution in [3.05, 3.63) is 224 Å². The summed E-state index contributed by atoms with van der Waals surface area (Å²) in [6.45, 7) is 12.4. The van der Waals surface area contributed by atoms with Crippen LogP contribution in [0.4, 0.5) is 34.1 Å². The molecule has 0 saturated carbocycles. The fourth-order valence-electron chi connectivity index (χ4n) is 11.5. The Morgan fingerprint density at radius 1 is 0.357 bits per heavy atom. The van der Waals surface area contributed by atoms with Crippen molar-refractivity contribution >= 4 is 120 Å². The Kier molecular flexibility index (Phi) is 9.67. The van der Waals surface area contributed by atoms with Gasteiger partial charge in [-0.05, 0) is 127 Å². The van der Waals surface area contributed by atoms with Crippen molar-refractivity contribution in [2.24, 2.45) is 0 Å². The van der Waals surface area contributed by atoms with Crippen LogP contribution in [0.3, 0.4) is 0 Å². The minimum Gasteiger partial charge on any atom is -0.456 e. The second-order valence-corrected chi connectivity index (χ2v) is 29.9. The van der Waals surface area contributed by atoms with Crippen LogP contribution in [0, 0.1) is 0 Å². The number of hydrogen-bond donors (Lipinski definition) is 0. The minimum absolute atomic E-state index is 0.869. The van der Waals surface area contributed by atoms with E-state index in [1.54, 1.807) is 0 Å². The van der Waals surface area contributed by atoms with E-state index in [9.17, 15) is 0 Å². The molecule has 5 heteroatoms. The average molecular weight is 933 g/mol. The van der Waals surface area contributed by atoms with Gasteiger partial charge in [-0.1, -0.05) is 184 Å². The summed E-state index contributed by atoms with van der Waals surface area (Å²) in [6.07, 6.45) is 0. The topological polar surface area (TPSA) is 19.6 Å². The Morgan fingerprint density at radius 3 is 1.74 bits per heavy atom. The molecule has 12 aromatic rings. The van der Waals surface area contributed by atoms with Crippen LogP contribution in [-0.2, 0) is 0 Å². The van der Waals surface area contributed by atoms with Gasteiger partial charge in [-0.2, -0.15) is 0 Å². The first-order valence-corrected chi connectivity index (χ1v) is 31.0. The van der Waals surface area contributed by atoms with E-state index >= 15 is 0 Å². The molecule has 3 nitrogen and oxygen atoms in total. The van der Waals surface area contributed by atoms with Gasteiger partial charge in [0.05, 0.1) is 19.4 Å². The molecule has 1 aliphatic rings. The smallest absolute Gasteiger partial charge is 0.137 e. The Hall–Kier alpha value is -7.97. The van der Waals surface area contributed by atoms with Crippen molar-refractivity contribution < 1.29 is 4.42 Å². The van der Waals surface area contributed by atoms with Crippen molar-refractivity contribution in [1.82, 2.24) is 0 Å². The molecule has 0 fully saturated rings. The van der Waals surface area contributed by atoms with Gasteiger partial charge in [0.2, 0.25) is 0 Å². The Labute approximate surface area is 411 Å². The fraction of sp³-hybridized carbons (Fsp3) is 0.0769. The highest BCUT2D eigenvalue weighted by Gasteiger charge is 2.37. The van der Waals surface area contributed by atoms with E-state index in [1.807, 2.05) is 6.07 Å². The van der Waals surface area contributed by atoms with Gasteiger partial charge in [0, 0.05) is 50.5 Å². The van der Waals surface area contributed by atoms with E-state index in [0.29, 0.717) is 0 Å². The van der Waals surface area contributed by atoms with Gasteiger partial charge < -0.3 is 14.2 Å². The lowest BCUT2D eigenvalue weighted by molar-refractivity contribution is 0.669. The maximum absolute atomic E-state index is 6.59. The van der Waals surface area contributed by atoms with Crippen molar-refractivity contribution in [3.63, 3.8) is 0 Å². The summed E-state index contributed by atoms with van der Waals surface area (Å²) < 4.78 is 6.59. The summed E-state index contributed by atoms with van der Waals surface area (Å²) in [5, 5.41) is 14.3. The Bertz CT molecular complexity index is 4020. The number of para-hydroxylation sites is 3. The Morgan fingerprint density at radius 2 is 0.957 bits per heavy atom. The zero-order valence-electron chi connectivity index (χ0n) is 40.2. The average Bonchev–Trinajstić information content (AvgIpc) is 3.77. The maximum atomic E-state index is 6.59. The van der Waals surface area contributed by atoms with Crippen molar-refractivity contribution in [3.8, 4) is 22.3 Å². The van der Waals surface area contributed by atoms with Crippen LogP contribution in [0.1, 0.15) is 0 Å². The lowest BCUT2D eigenvalue weighted by Gasteiger charge is -2.36. The molecule has 70 heavy (non-hydrogen) atoms. The first-order valence-electron chi connectivity index (χ1n) is 24.5. The third-order valence-electron chi connectivity index (χ3n) is 15.0. The van der Waals surface area contributed by atoms with Crippen LogP contribution in [0.25, 0.3) is 76.5 Å². The second kappa shape index (κ2) is 16.1. The van der Waals surface area contributed by atoms with E-state index in [4.69, 9.17) is 4.42 Å². The molecule has 0 N–H and O–H groups in total. The summed E-state index contributed by atoms with van der Waals surface area (Å²) >= 11 is 0. The Balaban J connectivity index is 1.05. The van der Waals surface area contributed by atoms with Crippen LogP contribution in [0.15, 0.2) is 229 Å². The second-order valence-electron chi connectivity index (χ2n) is 20.5. The largest absolute Gasteiger partial charge is 0.456 e. The molecule has 0 radical (unpaired) electrons. The van der Waals surface area contributed by atoms with E-state index in [2.05, 4.69) is 261 Å². The van der Waals surface area contributed by atoms with Crippen LogP contribution < -0.4 is 25.4 Å². The number of rotatable bonds is 8. The van der Waals surface area contributed by atoms with Gasteiger partial charge in [0.1, 0.15) is 19.2 Å². The number of hydrogen-bond acceptors (Lipinski definition) is 3. The first kappa shape index (κ1) is 42.2. The molecular formula is C65H52N2OSi2. The minimum atomic E-state index is -2.28. The summed E-state index contributed by atoms with van der Waals surface area (Å²) in [7, 11) is -3.76. The summed E-state index contributed by atoms with van der Waals surface area (Å²) in [5.74, 6) is 0. The van der Waals surface area contributed by atoms with Gasteiger partial charge >= 0.3 is 0 Å². The van der Waals surface area contributed by atoms with Gasteiger partial charge in [0.15, 0.2) is 0 Å². The first-order chi connectivity index (χ1) is 34.1. The molecule has 0 atom stereocenters. The molecule has 11 aromatic carbocycles. The maximum Gasteiger partial charge on any atom is 0.137 e. The van der Waals surface area contributed by atoms with Gasteiger partial charge in [-0.3, -0.25) is 0 Å². The SMILES string of the molecule is C[Si](C)(C)c1ccc(N(c2ccccc2)c2ccc3c(c2)[Si](C)(C)c2cccc4c2c-3cc2c3ccccc3c(N(c3ccc5c(c3)oc3ccccc35)c3ccccc3-c3ccccc3)cc42)cc1. The van der Waals surface area contributed by atoms with Crippen molar-refractivity contribution in [2.45, 2.75) is 32.7 Å². The third kappa shape index (κ3) is 6.68. The molecule has 13 rings (SSSR count). The molecule has 1 aliphatic heterocycles. The summed E-state index contributed by atoms with van der Waals surface area (Å²) in [5.41, 5.74) is 13.5. The molecule has 0 aliphatic carbocycles. The third-order valence-corrected chi connectivity index (χ3v) is 20.6. The van der Waals surface area contributed by atoms with E-state index in [1.165, 1.54) is 75.9 Å². The summed E-state index contributed by atoms with van der Waals surface area (Å²) in [6, 6.07) is 83.3. The normalized spacial score (nSPS) is 13.0. The fourth-order valence-corrected chi connectivity index (χ4v) is 15.7. The highest BCUT2D eigenvalue weighted by atomic mass is 28.3. The van der Waals surface area contributed by atoms with Crippen LogP contribution in [0.5, 0.6) is 0 Å². The van der Waals surface area contributed by atoms with Crippen LogP contribution in [-0.4, -0.2) is 16.1 Å². The van der Waals surface area contributed by atoms with Gasteiger partial charge in [-0.15, -0.1) is 0 Å². The standard InChI is InChI=1S/C65H52N2OSi2/c1-69(2,3)48-35-31-45(32-36-48)66(44-21-10-7-11-22-44)47-34-38-54-58-41-56-50-24-12-13-25-51(50)60(42-57(56)55-27-18-30-63(65(55)58)70(4,5)64(54)40-47)67(59-28-16-14-23-49(59)43-19-8-6-9-20-43)46-33-37-53-52-26-15-17-29-61(52)68-62(53)39-46/h6-42H,1-5H3. The zero-order valence-corrected chi connectivity index (χ0v) is 42.2. The number of furan rings is 1. The van der Waals surface area contributed by atoms with E-state index in [-0.39, 0.29) is 0 Å². The number of anilines is 6. The highest BCUT2D eigenvalue weighted by Crippen LogP contribution is 2.49. The quantitative estimate of drug-likeness (QED) is 0.112. The molecule has 0 bridgehead atoms. The van der Waals surface area contributed by atoms with Crippen LogP contribution >= 0.6 is 0 Å². The monoisotopic (exact) mass is 932 g/mol. The molecular weight excluding hydrogens is 881 g/mol. The molecule has 0 saturated heterocycles. The molecule has 1 aromatic heterocycles. The van der Waals surface area contributed by atoms with E-state index < -0.39 is 16.1 Å². The lowest BCUT2D eigenvalue weighted by Crippen LogP contribution is -2.56. The van der Waals surface area contributed by atoms with Gasteiger partial charge in [0.25, 0.3) is 0 Å². The van der Waals surface area contributed by atoms with Gasteiger partial charge in [-0.25, -0.2) is 0 Å². The highest BCUT2D eigenvalue weighted by molar-refractivity contribution is 7.03. The predicted molar refractivity (Wildman–Crippen MR) is 306 cm³/mol. The molecule has 0 unspecified atom stereocenters. The van der Waals surface area contributed by atoms with E-state index in [0.717, 1.165) is 50.3 Å². The van der Waals surface area contributed by atoms with Crippen LogP contribution in [0.2, 0.25) is 32.7 Å². The molecule has 0 spiro atoms. The molecule has 0 amide bonds. The number of nitrogens with zero attached hydrogens (tertiary/aromatic N) is 2.